The van der Waals surface area contributed by atoms with Gasteiger partial charge in [-0.05, 0) is 50.1 Å². The molecule has 204 valence electrons. The average molecular weight is 534 g/mol. The second-order valence-electron chi connectivity index (χ2n) is 10.4. The van der Waals surface area contributed by atoms with E-state index in [2.05, 4.69) is 46.3 Å². The number of hydrogen-bond acceptors (Lipinski definition) is 5. The fourth-order valence-electron chi connectivity index (χ4n) is 4.91. The van der Waals surface area contributed by atoms with Gasteiger partial charge in [0.2, 0.25) is 5.91 Å². The number of nitrogens with zero attached hydrogens (tertiary/aromatic N) is 5. The van der Waals surface area contributed by atoms with E-state index in [4.69, 9.17) is 0 Å². The minimum atomic E-state index is -0.141. The summed E-state index contributed by atoms with van der Waals surface area (Å²) >= 11 is 0. The van der Waals surface area contributed by atoms with Gasteiger partial charge in [0.1, 0.15) is 6.54 Å². The van der Waals surface area contributed by atoms with Gasteiger partial charge in [-0.3, -0.25) is 9.59 Å². The number of aryl methyl sites for hydroxylation is 2. The second kappa shape index (κ2) is 12.6. The van der Waals surface area contributed by atoms with Crippen LogP contribution in [0, 0.1) is 13.8 Å². The van der Waals surface area contributed by atoms with Gasteiger partial charge >= 0.3 is 0 Å². The number of carbonyl (C=O) groups excluding carboxylic acids is 2. The quantitative estimate of drug-likeness (QED) is 0.329. The second-order valence-corrected chi connectivity index (χ2v) is 10.4. The molecule has 0 bridgehead atoms. The Balaban J connectivity index is 1.24. The van der Waals surface area contributed by atoms with E-state index in [-0.39, 0.29) is 18.4 Å². The summed E-state index contributed by atoms with van der Waals surface area (Å²) in [5.41, 5.74) is 5.75. The van der Waals surface area contributed by atoms with Gasteiger partial charge in [-0.1, -0.05) is 77.9 Å². The zero-order valence-electron chi connectivity index (χ0n) is 23.2. The monoisotopic (exact) mass is 533 g/mol. The van der Waals surface area contributed by atoms with Gasteiger partial charge in [-0.15, -0.1) is 10.2 Å². The van der Waals surface area contributed by atoms with Crippen molar-refractivity contribution in [1.82, 2.24) is 20.0 Å². The summed E-state index contributed by atoms with van der Waals surface area (Å²) in [5.74, 6) is 0.627. The van der Waals surface area contributed by atoms with Crippen molar-refractivity contribution >= 4 is 17.6 Å². The number of benzene rings is 3. The lowest BCUT2D eigenvalue weighted by atomic mass is 10.1. The Morgan fingerprint density at radius 3 is 2.12 bits per heavy atom. The fourth-order valence-corrected chi connectivity index (χ4v) is 4.91. The molecule has 0 spiro atoms. The molecule has 3 aromatic carbocycles. The van der Waals surface area contributed by atoms with E-state index >= 15 is 0 Å². The molecule has 4 aromatic rings. The van der Waals surface area contributed by atoms with Gasteiger partial charge in [0.05, 0.1) is 5.69 Å². The molecule has 2 heterocycles. The molecule has 5 rings (SSSR count). The van der Waals surface area contributed by atoms with Gasteiger partial charge in [0.15, 0.2) is 5.82 Å². The minimum absolute atomic E-state index is 0.0344. The van der Waals surface area contributed by atoms with Crippen LogP contribution < -0.4 is 4.90 Å². The van der Waals surface area contributed by atoms with Crippen LogP contribution in [0.25, 0.3) is 11.3 Å². The molecule has 1 saturated heterocycles. The molecule has 0 radical (unpaired) electrons. The van der Waals surface area contributed by atoms with Gasteiger partial charge in [0.25, 0.3) is 5.91 Å². The maximum atomic E-state index is 13.5. The van der Waals surface area contributed by atoms with E-state index in [0.29, 0.717) is 31.7 Å². The van der Waals surface area contributed by atoms with E-state index < -0.39 is 0 Å². The van der Waals surface area contributed by atoms with E-state index in [9.17, 15) is 9.59 Å². The van der Waals surface area contributed by atoms with Crippen molar-refractivity contribution in [1.29, 1.82) is 0 Å². The molecular weight excluding hydrogens is 498 g/mol. The molecule has 1 aliphatic heterocycles. The van der Waals surface area contributed by atoms with E-state index in [1.807, 2.05) is 78.6 Å². The molecule has 0 unspecified atom stereocenters. The van der Waals surface area contributed by atoms with Crippen LogP contribution in [0.4, 0.5) is 5.82 Å². The van der Waals surface area contributed by atoms with Crippen molar-refractivity contribution in [3.05, 3.63) is 113 Å². The first-order valence-electron chi connectivity index (χ1n) is 13.8. The van der Waals surface area contributed by atoms with Crippen LogP contribution in [0.2, 0.25) is 0 Å². The van der Waals surface area contributed by atoms with Crippen LogP contribution in [-0.4, -0.2) is 64.5 Å². The highest BCUT2D eigenvalue weighted by Gasteiger charge is 2.25. The number of hydrogen-bond donors (Lipinski definition) is 0. The first-order chi connectivity index (χ1) is 19.5. The third-order valence-corrected chi connectivity index (χ3v) is 7.30. The Labute approximate surface area is 236 Å². The zero-order valence-corrected chi connectivity index (χ0v) is 23.2. The van der Waals surface area contributed by atoms with Crippen LogP contribution in [0.1, 0.15) is 33.5 Å². The normalized spacial score (nSPS) is 13.6. The zero-order chi connectivity index (χ0) is 27.9. The summed E-state index contributed by atoms with van der Waals surface area (Å²) < 4.78 is 0. The molecule has 2 amide bonds. The maximum Gasteiger partial charge on any atom is 0.254 e. The fraction of sp³-hybridized carbons (Fsp3) is 0.273. The molecule has 1 fully saturated rings. The standard InChI is InChI=1S/C33H35N5O2/c1-25-9-13-28(14-10-25)30-17-18-31(35-34-30)36-19-6-20-37(22-21-36)32(39)24-38(23-27-7-4-3-5-8-27)33(40)29-15-11-26(2)12-16-29/h3-5,7-18H,6,19-24H2,1-2H3. The predicted molar refractivity (Wildman–Crippen MR) is 158 cm³/mol. The summed E-state index contributed by atoms with van der Waals surface area (Å²) in [4.78, 5) is 32.7. The third kappa shape index (κ3) is 6.72. The summed E-state index contributed by atoms with van der Waals surface area (Å²) in [5, 5.41) is 8.95. The Morgan fingerprint density at radius 1 is 0.750 bits per heavy atom. The molecular formula is C33H35N5O2. The van der Waals surface area contributed by atoms with Gasteiger partial charge < -0.3 is 14.7 Å². The molecule has 0 aliphatic carbocycles. The van der Waals surface area contributed by atoms with Gasteiger partial charge in [-0.2, -0.15) is 0 Å². The van der Waals surface area contributed by atoms with Crippen molar-refractivity contribution in [2.75, 3.05) is 37.6 Å². The highest BCUT2D eigenvalue weighted by Crippen LogP contribution is 2.20. The first-order valence-corrected chi connectivity index (χ1v) is 13.8. The van der Waals surface area contributed by atoms with Crippen LogP contribution in [0.5, 0.6) is 0 Å². The van der Waals surface area contributed by atoms with Crippen LogP contribution in [0.15, 0.2) is 91.0 Å². The summed E-state index contributed by atoms with van der Waals surface area (Å²) in [6, 6.07) is 29.6. The Morgan fingerprint density at radius 2 is 1.45 bits per heavy atom. The lowest BCUT2D eigenvalue weighted by molar-refractivity contribution is -0.131. The molecule has 7 nitrogen and oxygen atoms in total. The molecule has 40 heavy (non-hydrogen) atoms. The van der Waals surface area contributed by atoms with Crippen molar-refractivity contribution in [3.8, 4) is 11.3 Å². The lowest BCUT2D eigenvalue weighted by Gasteiger charge is -2.27. The SMILES string of the molecule is Cc1ccc(C(=O)N(CC(=O)N2CCCN(c3ccc(-c4ccc(C)cc4)nn3)CC2)Cc2ccccc2)cc1. The largest absolute Gasteiger partial charge is 0.353 e. The van der Waals surface area contributed by atoms with E-state index in [1.54, 1.807) is 4.90 Å². The number of carbonyl (C=O) groups is 2. The minimum Gasteiger partial charge on any atom is -0.353 e. The molecule has 1 aliphatic rings. The maximum absolute atomic E-state index is 13.5. The Bertz CT molecular complexity index is 1420. The van der Waals surface area contributed by atoms with Crippen molar-refractivity contribution in [2.45, 2.75) is 26.8 Å². The highest BCUT2D eigenvalue weighted by atomic mass is 16.2. The third-order valence-electron chi connectivity index (χ3n) is 7.30. The number of anilines is 1. The van der Waals surface area contributed by atoms with Crippen molar-refractivity contribution in [3.63, 3.8) is 0 Å². The van der Waals surface area contributed by atoms with E-state index in [1.165, 1.54) is 5.56 Å². The van der Waals surface area contributed by atoms with E-state index in [0.717, 1.165) is 41.2 Å². The summed E-state index contributed by atoms with van der Waals surface area (Å²) in [6.07, 6.45) is 0.817. The Hall–Kier alpha value is -4.52. The number of aromatic nitrogens is 2. The van der Waals surface area contributed by atoms with Gasteiger partial charge in [0, 0.05) is 43.9 Å². The topological polar surface area (TPSA) is 69.6 Å². The first kappa shape index (κ1) is 27.1. The summed E-state index contributed by atoms with van der Waals surface area (Å²) in [6.45, 7) is 7.13. The Kier molecular flexibility index (Phi) is 8.50. The van der Waals surface area contributed by atoms with Crippen LogP contribution in [-0.2, 0) is 11.3 Å². The molecule has 0 saturated carbocycles. The van der Waals surface area contributed by atoms with Crippen molar-refractivity contribution in [2.24, 2.45) is 0 Å². The lowest BCUT2D eigenvalue weighted by Crippen LogP contribution is -2.44. The average Bonchev–Trinajstić information content (AvgIpc) is 3.25. The van der Waals surface area contributed by atoms with Crippen molar-refractivity contribution < 1.29 is 9.59 Å². The predicted octanol–water partition coefficient (Wildman–Crippen LogP) is 5.14. The van der Waals surface area contributed by atoms with Crippen LogP contribution in [0.3, 0.4) is 0 Å². The molecule has 1 aromatic heterocycles. The molecule has 0 atom stereocenters. The van der Waals surface area contributed by atoms with Crippen LogP contribution >= 0.6 is 0 Å². The molecule has 7 heteroatoms. The highest BCUT2D eigenvalue weighted by molar-refractivity contribution is 5.96. The summed E-state index contributed by atoms with van der Waals surface area (Å²) in [7, 11) is 0. The number of amides is 2. The van der Waals surface area contributed by atoms with Gasteiger partial charge in [-0.25, -0.2) is 0 Å². The molecule has 0 N–H and O–H groups in total. The number of rotatable bonds is 7. The smallest absolute Gasteiger partial charge is 0.254 e.